The van der Waals surface area contributed by atoms with E-state index in [1.165, 1.54) is 6.42 Å². The molecule has 2 aliphatic heterocycles. The minimum absolute atomic E-state index is 0.299. The van der Waals surface area contributed by atoms with Crippen molar-refractivity contribution < 1.29 is 9.47 Å². The van der Waals surface area contributed by atoms with Crippen molar-refractivity contribution in [3.63, 3.8) is 0 Å². The summed E-state index contributed by atoms with van der Waals surface area (Å²) in [7, 11) is 1.63. The van der Waals surface area contributed by atoms with E-state index in [4.69, 9.17) is 14.7 Å². The van der Waals surface area contributed by atoms with E-state index in [0.717, 1.165) is 24.3 Å². The Labute approximate surface area is 107 Å². The van der Waals surface area contributed by atoms with Gasteiger partial charge in [0.1, 0.15) is 11.8 Å². The van der Waals surface area contributed by atoms with Crippen molar-refractivity contribution in [2.45, 2.75) is 37.5 Å². The summed E-state index contributed by atoms with van der Waals surface area (Å²) in [6.45, 7) is 0. The predicted molar refractivity (Wildman–Crippen MR) is 67.6 cm³/mol. The molecule has 3 unspecified atom stereocenters. The Kier molecular flexibility index (Phi) is 2.85. The molecule has 4 heteroatoms. The van der Waals surface area contributed by atoms with Crippen molar-refractivity contribution in [1.29, 1.82) is 5.26 Å². The first-order valence-electron chi connectivity index (χ1n) is 6.30. The van der Waals surface area contributed by atoms with Crippen LogP contribution in [0.15, 0.2) is 18.2 Å². The average Bonchev–Trinajstić information content (AvgIpc) is 3.01. The largest absolute Gasteiger partial charge is 0.497 e. The minimum atomic E-state index is 0.299. The fraction of sp³-hybridized carbons (Fsp3) is 0.500. The van der Waals surface area contributed by atoms with Crippen molar-refractivity contribution >= 4 is 5.69 Å². The molecule has 3 rings (SSSR count). The van der Waals surface area contributed by atoms with Crippen molar-refractivity contribution in [3.8, 4) is 11.8 Å². The maximum atomic E-state index is 9.13. The first-order valence-corrected chi connectivity index (χ1v) is 6.30. The van der Waals surface area contributed by atoms with E-state index in [1.807, 2.05) is 6.07 Å². The van der Waals surface area contributed by atoms with Gasteiger partial charge in [-0.05, 0) is 31.4 Å². The molecule has 0 spiro atoms. The van der Waals surface area contributed by atoms with Crippen LogP contribution in [0.5, 0.6) is 5.75 Å². The van der Waals surface area contributed by atoms with E-state index in [9.17, 15) is 0 Å². The molecular formula is C14H16N2O2. The highest BCUT2D eigenvalue weighted by Gasteiger charge is 2.40. The highest BCUT2D eigenvalue weighted by atomic mass is 16.5. The Morgan fingerprint density at radius 3 is 2.94 bits per heavy atom. The Hall–Kier alpha value is -1.73. The van der Waals surface area contributed by atoms with Crippen LogP contribution in [0.3, 0.4) is 0 Å². The lowest BCUT2D eigenvalue weighted by Gasteiger charge is -2.22. The standard InChI is InChI=1S/C14H16N2O2/c1-17-10-3-2-9(8-15)12(6-10)16-13-7-11-4-5-14(13)18-11/h2-3,6,11,13-14,16H,4-5,7H2,1H3. The van der Waals surface area contributed by atoms with Gasteiger partial charge in [-0.15, -0.1) is 0 Å². The summed E-state index contributed by atoms with van der Waals surface area (Å²) in [5.41, 5.74) is 1.50. The Morgan fingerprint density at radius 2 is 2.33 bits per heavy atom. The van der Waals surface area contributed by atoms with Gasteiger partial charge < -0.3 is 14.8 Å². The van der Waals surface area contributed by atoms with Crippen LogP contribution in [0.2, 0.25) is 0 Å². The molecule has 0 saturated carbocycles. The smallest absolute Gasteiger partial charge is 0.121 e. The molecule has 2 heterocycles. The molecule has 0 aliphatic carbocycles. The molecule has 3 atom stereocenters. The van der Waals surface area contributed by atoms with Crippen molar-refractivity contribution in [3.05, 3.63) is 23.8 Å². The number of nitrogens with zero attached hydrogens (tertiary/aromatic N) is 1. The summed E-state index contributed by atoms with van der Waals surface area (Å²) in [6.07, 6.45) is 4.03. The lowest BCUT2D eigenvalue weighted by atomic mass is 9.95. The summed E-state index contributed by atoms with van der Waals surface area (Å²) in [5, 5.41) is 12.6. The highest BCUT2D eigenvalue weighted by molar-refractivity contribution is 5.61. The van der Waals surface area contributed by atoms with Crippen LogP contribution in [-0.2, 0) is 4.74 Å². The van der Waals surface area contributed by atoms with Gasteiger partial charge >= 0.3 is 0 Å². The maximum Gasteiger partial charge on any atom is 0.121 e. The molecular weight excluding hydrogens is 228 g/mol. The van der Waals surface area contributed by atoms with E-state index >= 15 is 0 Å². The van der Waals surface area contributed by atoms with Crippen molar-refractivity contribution in [2.24, 2.45) is 0 Å². The fourth-order valence-corrected chi connectivity index (χ4v) is 2.86. The topological polar surface area (TPSA) is 54.3 Å². The molecule has 1 N–H and O–H groups in total. The predicted octanol–water partition coefficient (Wildman–Crippen LogP) is 2.30. The van der Waals surface area contributed by atoms with Crippen LogP contribution in [0.4, 0.5) is 5.69 Å². The highest BCUT2D eigenvalue weighted by Crippen LogP contribution is 2.36. The summed E-state index contributed by atoms with van der Waals surface area (Å²) in [5.74, 6) is 0.764. The minimum Gasteiger partial charge on any atom is -0.497 e. The van der Waals surface area contributed by atoms with Crippen LogP contribution in [-0.4, -0.2) is 25.4 Å². The normalized spacial score (nSPS) is 29.0. The first-order chi connectivity index (χ1) is 8.80. The summed E-state index contributed by atoms with van der Waals surface area (Å²) < 4.78 is 11.0. The van der Waals surface area contributed by atoms with Crippen LogP contribution in [0, 0.1) is 11.3 Å². The van der Waals surface area contributed by atoms with Crippen molar-refractivity contribution in [1.82, 2.24) is 0 Å². The quantitative estimate of drug-likeness (QED) is 0.886. The van der Waals surface area contributed by atoms with E-state index in [2.05, 4.69) is 11.4 Å². The molecule has 2 aliphatic rings. The van der Waals surface area contributed by atoms with Gasteiger partial charge in [0.2, 0.25) is 0 Å². The van der Waals surface area contributed by atoms with Crippen LogP contribution in [0.25, 0.3) is 0 Å². The van der Waals surface area contributed by atoms with Crippen LogP contribution < -0.4 is 10.1 Å². The number of hydrogen-bond donors (Lipinski definition) is 1. The number of nitrogens with one attached hydrogen (secondary N) is 1. The van der Waals surface area contributed by atoms with Crippen LogP contribution in [0.1, 0.15) is 24.8 Å². The van der Waals surface area contributed by atoms with Crippen molar-refractivity contribution in [2.75, 3.05) is 12.4 Å². The molecule has 1 aromatic rings. The Morgan fingerprint density at radius 1 is 1.44 bits per heavy atom. The SMILES string of the molecule is COc1ccc(C#N)c(NC2CC3CCC2O3)c1. The second-order valence-electron chi connectivity index (χ2n) is 4.88. The number of benzene rings is 1. The zero-order valence-electron chi connectivity index (χ0n) is 10.3. The van der Waals surface area contributed by atoms with Gasteiger partial charge in [0.25, 0.3) is 0 Å². The van der Waals surface area contributed by atoms with Gasteiger partial charge in [0, 0.05) is 6.07 Å². The molecule has 0 aromatic heterocycles. The van der Waals surface area contributed by atoms with E-state index in [-0.39, 0.29) is 0 Å². The zero-order valence-corrected chi connectivity index (χ0v) is 10.3. The molecule has 2 saturated heterocycles. The second-order valence-corrected chi connectivity index (χ2v) is 4.88. The summed E-state index contributed by atoms with van der Waals surface area (Å²) in [6, 6.07) is 8.00. The number of hydrogen-bond acceptors (Lipinski definition) is 4. The third kappa shape index (κ3) is 1.91. The van der Waals surface area contributed by atoms with E-state index < -0.39 is 0 Å². The molecule has 2 bridgehead atoms. The number of nitriles is 1. The summed E-state index contributed by atoms with van der Waals surface area (Å²) >= 11 is 0. The maximum absolute atomic E-state index is 9.13. The number of ether oxygens (including phenoxy) is 2. The molecule has 94 valence electrons. The zero-order chi connectivity index (χ0) is 12.5. The monoisotopic (exact) mass is 244 g/mol. The number of anilines is 1. The average molecular weight is 244 g/mol. The van der Waals surface area contributed by atoms with E-state index in [1.54, 1.807) is 19.2 Å². The van der Waals surface area contributed by atoms with Gasteiger partial charge in [-0.3, -0.25) is 0 Å². The number of rotatable bonds is 3. The van der Waals surface area contributed by atoms with Gasteiger partial charge in [-0.2, -0.15) is 5.26 Å². The number of fused-ring (bicyclic) bond motifs is 2. The number of methoxy groups -OCH3 is 1. The third-order valence-corrected chi connectivity index (χ3v) is 3.79. The molecule has 18 heavy (non-hydrogen) atoms. The molecule has 0 amide bonds. The van der Waals surface area contributed by atoms with E-state index in [0.29, 0.717) is 23.8 Å². The molecule has 1 aromatic carbocycles. The summed E-state index contributed by atoms with van der Waals surface area (Å²) in [4.78, 5) is 0. The van der Waals surface area contributed by atoms with Crippen LogP contribution >= 0.6 is 0 Å². The first kappa shape index (κ1) is 11.4. The lowest BCUT2D eigenvalue weighted by molar-refractivity contribution is 0.102. The third-order valence-electron chi connectivity index (χ3n) is 3.79. The molecule has 0 radical (unpaired) electrons. The van der Waals surface area contributed by atoms with Gasteiger partial charge in [0.15, 0.2) is 0 Å². The molecule has 2 fully saturated rings. The van der Waals surface area contributed by atoms with Gasteiger partial charge in [0.05, 0.1) is 36.6 Å². The Bertz CT molecular complexity index is 495. The lowest BCUT2D eigenvalue weighted by Crippen LogP contribution is -2.30. The fourth-order valence-electron chi connectivity index (χ4n) is 2.86. The molecule has 4 nitrogen and oxygen atoms in total. The van der Waals surface area contributed by atoms with Gasteiger partial charge in [-0.25, -0.2) is 0 Å². The Balaban J connectivity index is 1.81. The van der Waals surface area contributed by atoms with Gasteiger partial charge in [-0.1, -0.05) is 0 Å². The second kappa shape index (κ2) is 4.51.